The molecule has 1 saturated heterocycles. The molecule has 0 spiro atoms. The lowest BCUT2D eigenvalue weighted by Gasteiger charge is -2.31. The standard InChI is InChI=1S/C20H24FN3O/c1-23(2)18-8-10-24(19(18)12-16-6-4-9-22-14-16)20(25)13-15-5-3-7-17(21)11-15/h3-7,9,11,14,18-19H,8,10,12-13H2,1-2H3/t18-,19+/m1/s1. The fraction of sp³-hybridized carbons (Fsp3) is 0.400. The zero-order valence-electron chi connectivity index (χ0n) is 14.7. The lowest BCUT2D eigenvalue weighted by Crippen LogP contribution is -2.46. The SMILES string of the molecule is CN(C)[C@@H]1CCN(C(=O)Cc2cccc(F)c2)[C@H]1Cc1cccnc1. The molecule has 4 nitrogen and oxygen atoms in total. The third-order valence-corrected chi connectivity index (χ3v) is 4.91. The van der Waals surface area contributed by atoms with Crippen LogP contribution in [0.25, 0.3) is 0 Å². The summed E-state index contributed by atoms with van der Waals surface area (Å²) in [5.41, 5.74) is 1.85. The largest absolute Gasteiger partial charge is 0.337 e. The molecular weight excluding hydrogens is 317 g/mol. The first-order valence-electron chi connectivity index (χ1n) is 8.64. The molecule has 1 aliphatic heterocycles. The van der Waals surface area contributed by atoms with Crippen LogP contribution >= 0.6 is 0 Å². The van der Waals surface area contributed by atoms with Crippen molar-refractivity contribution in [2.24, 2.45) is 0 Å². The number of likely N-dealkylation sites (tertiary alicyclic amines) is 1. The van der Waals surface area contributed by atoms with Gasteiger partial charge in [0.2, 0.25) is 5.91 Å². The average Bonchev–Trinajstić information content (AvgIpc) is 3.00. The Bertz CT molecular complexity index is 720. The fourth-order valence-corrected chi connectivity index (χ4v) is 3.68. The van der Waals surface area contributed by atoms with Crippen LogP contribution in [-0.2, 0) is 17.6 Å². The molecule has 1 aromatic heterocycles. The van der Waals surface area contributed by atoms with E-state index in [1.807, 2.05) is 23.2 Å². The highest BCUT2D eigenvalue weighted by atomic mass is 19.1. The van der Waals surface area contributed by atoms with Crippen LogP contribution in [0.5, 0.6) is 0 Å². The number of hydrogen-bond acceptors (Lipinski definition) is 3. The van der Waals surface area contributed by atoms with Crippen molar-refractivity contribution in [3.63, 3.8) is 0 Å². The lowest BCUT2D eigenvalue weighted by molar-refractivity contribution is -0.131. The zero-order valence-corrected chi connectivity index (χ0v) is 14.7. The molecule has 0 radical (unpaired) electrons. The van der Waals surface area contributed by atoms with Gasteiger partial charge < -0.3 is 9.80 Å². The summed E-state index contributed by atoms with van der Waals surface area (Å²) in [6.07, 6.45) is 5.59. The Hall–Kier alpha value is -2.27. The predicted molar refractivity (Wildman–Crippen MR) is 95.6 cm³/mol. The number of carbonyl (C=O) groups excluding carboxylic acids is 1. The van der Waals surface area contributed by atoms with Gasteiger partial charge in [0.25, 0.3) is 0 Å². The Balaban J connectivity index is 1.76. The second-order valence-corrected chi connectivity index (χ2v) is 6.85. The third-order valence-electron chi connectivity index (χ3n) is 4.91. The molecule has 0 unspecified atom stereocenters. The quantitative estimate of drug-likeness (QED) is 0.839. The minimum absolute atomic E-state index is 0.0591. The third kappa shape index (κ3) is 4.23. The van der Waals surface area contributed by atoms with Crippen molar-refractivity contribution < 1.29 is 9.18 Å². The number of carbonyl (C=O) groups is 1. The highest BCUT2D eigenvalue weighted by Gasteiger charge is 2.37. The maximum Gasteiger partial charge on any atom is 0.227 e. The Labute approximate surface area is 148 Å². The van der Waals surface area contributed by atoms with Crippen molar-refractivity contribution in [2.45, 2.75) is 31.3 Å². The smallest absolute Gasteiger partial charge is 0.227 e. The molecule has 132 valence electrons. The number of aromatic nitrogens is 1. The van der Waals surface area contributed by atoms with Crippen LogP contribution in [0, 0.1) is 5.82 Å². The minimum atomic E-state index is -0.301. The van der Waals surface area contributed by atoms with E-state index in [1.165, 1.54) is 12.1 Å². The Morgan fingerprint density at radius 3 is 2.76 bits per heavy atom. The molecule has 1 amide bonds. The average molecular weight is 341 g/mol. The summed E-state index contributed by atoms with van der Waals surface area (Å²) in [5, 5.41) is 0. The van der Waals surface area contributed by atoms with Gasteiger partial charge in [0.05, 0.1) is 12.5 Å². The molecule has 0 bridgehead atoms. The number of likely N-dealkylation sites (N-methyl/N-ethyl adjacent to an activating group) is 1. The number of benzene rings is 1. The van der Waals surface area contributed by atoms with Gasteiger partial charge in [-0.1, -0.05) is 18.2 Å². The second-order valence-electron chi connectivity index (χ2n) is 6.85. The van der Waals surface area contributed by atoms with E-state index >= 15 is 0 Å². The number of halogens is 1. The normalized spacial score (nSPS) is 20.2. The second kappa shape index (κ2) is 7.74. The van der Waals surface area contributed by atoms with E-state index in [2.05, 4.69) is 24.0 Å². The van der Waals surface area contributed by atoms with Gasteiger partial charge in [-0.2, -0.15) is 0 Å². The highest BCUT2D eigenvalue weighted by Crippen LogP contribution is 2.25. The molecule has 25 heavy (non-hydrogen) atoms. The highest BCUT2D eigenvalue weighted by molar-refractivity contribution is 5.79. The summed E-state index contributed by atoms with van der Waals surface area (Å²) in [5.74, 6) is -0.242. The van der Waals surface area contributed by atoms with E-state index in [0.29, 0.717) is 6.04 Å². The van der Waals surface area contributed by atoms with Crippen LogP contribution in [0.3, 0.4) is 0 Å². The van der Waals surface area contributed by atoms with Gasteiger partial charge in [-0.25, -0.2) is 4.39 Å². The monoisotopic (exact) mass is 341 g/mol. The number of nitrogens with zero attached hydrogens (tertiary/aromatic N) is 3. The molecule has 1 aromatic carbocycles. The van der Waals surface area contributed by atoms with Crippen molar-refractivity contribution in [2.75, 3.05) is 20.6 Å². The fourth-order valence-electron chi connectivity index (χ4n) is 3.68. The van der Waals surface area contributed by atoms with Crippen molar-refractivity contribution in [1.29, 1.82) is 0 Å². The first-order chi connectivity index (χ1) is 12.0. The Morgan fingerprint density at radius 1 is 1.28 bits per heavy atom. The predicted octanol–water partition coefficient (Wildman–Crippen LogP) is 2.54. The van der Waals surface area contributed by atoms with Gasteiger partial charge in [-0.15, -0.1) is 0 Å². The number of rotatable bonds is 5. The van der Waals surface area contributed by atoms with Gasteiger partial charge in [-0.05, 0) is 56.3 Å². The van der Waals surface area contributed by atoms with Gasteiger partial charge in [0.1, 0.15) is 5.82 Å². The van der Waals surface area contributed by atoms with Crippen LogP contribution in [0.2, 0.25) is 0 Å². The zero-order chi connectivity index (χ0) is 17.8. The number of hydrogen-bond donors (Lipinski definition) is 0. The maximum atomic E-state index is 13.4. The van der Waals surface area contributed by atoms with Crippen molar-refractivity contribution in [1.82, 2.24) is 14.8 Å². The Kier molecular flexibility index (Phi) is 5.43. The van der Waals surface area contributed by atoms with Crippen LogP contribution in [0.15, 0.2) is 48.8 Å². The van der Waals surface area contributed by atoms with Gasteiger partial charge in [0.15, 0.2) is 0 Å². The molecule has 0 N–H and O–H groups in total. The van der Waals surface area contributed by atoms with Crippen LogP contribution < -0.4 is 0 Å². The minimum Gasteiger partial charge on any atom is -0.337 e. The molecular formula is C20H24FN3O. The first-order valence-corrected chi connectivity index (χ1v) is 8.64. The van der Waals surface area contributed by atoms with E-state index in [9.17, 15) is 9.18 Å². The summed E-state index contributed by atoms with van der Waals surface area (Å²) in [6, 6.07) is 10.7. The number of pyridine rings is 1. The topological polar surface area (TPSA) is 36.4 Å². The van der Waals surface area contributed by atoms with Gasteiger partial charge in [-0.3, -0.25) is 9.78 Å². The van der Waals surface area contributed by atoms with Crippen LogP contribution in [0.1, 0.15) is 17.5 Å². The molecule has 2 heterocycles. The van der Waals surface area contributed by atoms with E-state index in [-0.39, 0.29) is 24.2 Å². The van der Waals surface area contributed by atoms with Crippen molar-refractivity contribution >= 4 is 5.91 Å². The molecule has 5 heteroatoms. The van der Waals surface area contributed by atoms with E-state index in [4.69, 9.17) is 0 Å². The molecule has 2 aromatic rings. The summed E-state index contributed by atoms with van der Waals surface area (Å²) in [4.78, 5) is 21.2. The van der Waals surface area contributed by atoms with Crippen molar-refractivity contribution in [3.05, 3.63) is 65.7 Å². The summed E-state index contributed by atoms with van der Waals surface area (Å²) < 4.78 is 13.4. The maximum absolute atomic E-state index is 13.4. The molecule has 3 rings (SSSR count). The molecule has 0 saturated carbocycles. The van der Waals surface area contributed by atoms with Crippen LogP contribution in [0.4, 0.5) is 4.39 Å². The summed E-state index contributed by atoms with van der Waals surface area (Å²) in [7, 11) is 4.11. The molecule has 2 atom stereocenters. The summed E-state index contributed by atoms with van der Waals surface area (Å²) >= 11 is 0. The van der Waals surface area contributed by atoms with Crippen LogP contribution in [-0.4, -0.2) is 53.4 Å². The van der Waals surface area contributed by atoms with E-state index in [1.54, 1.807) is 18.3 Å². The van der Waals surface area contributed by atoms with Crippen molar-refractivity contribution in [3.8, 4) is 0 Å². The molecule has 1 fully saturated rings. The Morgan fingerprint density at radius 2 is 2.08 bits per heavy atom. The molecule has 0 aliphatic carbocycles. The van der Waals surface area contributed by atoms with E-state index < -0.39 is 0 Å². The van der Waals surface area contributed by atoms with Gasteiger partial charge in [0, 0.05) is 25.0 Å². The first kappa shape index (κ1) is 17.5. The lowest BCUT2D eigenvalue weighted by atomic mass is 10.00. The summed E-state index contributed by atoms with van der Waals surface area (Å²) in [6.45, 7) is 0.738. The van der Waals surface area contributed by atoms with Gasteiger partial charge >= 0.3 is 0 Å². The van der Waals surface area contributed by atoms with E-state index in [0.717, 1.165) is 30.5 Å². The molecule has 1 aliphatic rings. The number of amides is 1.